The number of hydrogen-bond donors (Lipinski definition) is 1. The largest absolute Gasteiger partial charge is 0.469 e. The van der Waals surface area contributed by atoms with Crippen LogP contribution in [0.15, 0.2) is 48.5 Å². The van der Waals surface area contributed by atoms with Gasteiger partial charge < -0.3 is 14.8 Å². The summed E-state index contributed by atoms with van der Waals surface area (Å²) in [5, 5.41) is 13.8. The van der Waals surface area contributed by atoms with E-state index >= 15 is 0 Å². The number of nitro groups is 1. The fourth-order valence-electron chi connectivity index (χ4n) is 3.13. The van der Waals surface area contributed by atoms with Crippen LogP contribution in [0.3, 0.4) is 0 Å². The molecule has 1 N–H and O–H groups in total. The van der Waals surface area contributed by atoms with Crippen molar-refractivity contribution < 1.29 is 28.8 Å². The molecule has 32 heavy (non-hydrogen) atoms. The second-order valence-electron chi connectivity index (χ2n) is 7.06. The molecule has 0 fully saturated rings. The zero-order chi connectivity index (χ0) is 23.5. The van der Waals surface area contributed by atoms with Crippen LogP contribution in [0.5, 0.6) is 0 Å². The lowest BCUT2D eigenvalue weighted by molar-refractivity contribution is -0.384. The second kappa shape index (κ2) is 12.2. The molecule has 2 rings (SSSR count). The summed E-state index contributed by atoms with van der Waals surface area (Å²) in [6.07, 6.45) is 0.270. The van der Waals surface area contributed by atoms with Crippen LogP contribution in [0.2, 0.25) is 0 Å². The molecule has 9 nitrogen and oxygen atoms in total. The van der Waals surface area contributed by atoms with Crippen molar-refractivity contribution in [3.05, 3.63) is 64.2 Å². The van der Waals surface area contributed by atoms with Gasteiger partial charge in [0.1, 0.15) is 0 Å². The zero-order valence-corrected chi connectivity index (χ0v) is 18.0. The lowest BCUT2D eigenvalue weighted by Crippen LogP contribution is -2.38. The average molecular weight is 442 g/mol. The summed E-state index contributed by atoms with van der Waals surface area (Å²) in [4.78, 5) is 46.0. The number of hydrogen-bond acceptors (Lipinski definition) is 7. The summed E-state index contributed by atoms with van der Waals surface area (Å²) in [6.45, 7) is 1.94. The van der Waals surface area contributed by atoms with E-state index in [9.17, 15) is 24.5 Å². The van der Waals surface area contributed by atoms with E-state index in [2.05, 4.69) is 10.1 Å². The normalized spacial score (nSPS) is 11.3. The maximum Gasteiger partial charge on any atom is 0.307 e. The Morgan fingerprint density at radius 1 is 1.03 bits per heavy atom. The third-order valence-electron chi connectivity index (χ3n) is 4.69. The van der Waals surface area contributed by atoms with Crippen molar-refractivity contribution in [1.29, 1.82) is 0 Å². The molecule has 0 saturated heterocycles. The first-order valence-electron chi connectivity index (χ1n) is 10.2. The van der Waals surface area contributed by atoms with E-state index in [0.29, 0.717) is 12.0 Å². The molecule has 9 heteroatoms. The monoisotopic (exact) mass is 442 g/mol. The summed E-state index contributed by atoms with van der Waals surface area (Å²) in [7, 11) is 1.25. The van der Waals surface area contributed by atoms with Crippen LogP contribution in [-0.4, -0.2) is 42.5 Å². The summed E-state index contributed by atoms with van der Waals surface area (Å²) < 4.78 is 9.53. The Balaban J connectivity index is 2.09. The molecule has 0 aliphatic carbocycles. The van der Waals surface area contributed by atoms with E-state index in [1.807, 2.05) is 24.3 Å². The Labute approximate surface area is 185 Å². The number of ether oxygens (including phenoxy) is 2. The minimum absolute atomic E-state index is 0.00949. The number of rotatable bonds is 11. The quantitative estimate of drug-likeness (QED) is 0.322. The van der Waals surface area contributed by atoms with Gasteiger partial charge >= 0.3 is 11.9 Å². The van der Waals surface area contributed by atoms with Gasteiger partial charge in [-0.3, -0.25) is 24.5 Å². The van der Waals surface area contributed by atoms with Crippen LogP contribution in [0, 0.1) is 10.1 Å². The first kappa shape index (κ1) is 24.5. The molecule has 1 atom stereocenters. The van der Waals surface area contributed by atoms with Crippen molar-refractivity contribution in [3.8, 4) is 11.1 Å². The molecular formula is C23H26N2O7. The number of carbonyl (C=O) groups is 3. The Bertz CT molecular complexity index is 957. The van der Waals surface area contributed by atoms with E-state index in [1.54, 1.807) is 19.1 Å². The molecule has 2 aromatic carbocycles. The summed E-state index contributed by atoms with van der Waals surface area (Å²) in [5.74, 6) is -1.28. The molecule has 1 amide bonds. The van der Waals surface area contributed by atoms with Crippen LogP contribution >= 0.6 is 0 Å². The SMILES string of the molecule is CCOC(=O)C[C@@H](Cc1ccc(-c2cccc([N+](=O)[O-])c2)cc1)NC(=O)CCC(=O)OC. The minimum atomic E-state index is -0.511. The molecular weight excluding hydrogens is 416 g/mol. The maximum absolute atomic E-state index is 12.2. The molecule has 0 bridgehead atoms. The number of esters is 2. The van der Waals surface area contributed by atoms with Gasteiger partial charge in [-0.1, -0.05) is 36.4 Å². The first-order valence-corrected chi connectivity index (χ1v) is 10.2. The molecule has 0 aliphatic heterocycles. The van der Waals surface area contributed by atoms with Gasteiger partial charge in [0, 0.05) is 24.6 Å². The van der Waals surface area contributed by atoms with Gasteiger partial charge in [-0.2, -0.15) is 0 Å². The second-order valence-corrected chi connectivity index (χ2v) is 7.06. The lowest BCUT2D eigenvalue weighted by atomic mass is 9.99. The highest BCUT2D eigenvalue weighted by Crippen LogP contribution is 2.24. The average Bonchev–Trinajstić information content (AvgIpc) is 2.78. The van der Waals surface area contributed by atoms with Crippen molar-refractivity contribution in [2.45, 2.75) is 38.6 Å². The highest BCUT2D eigenvalue weighted by atomic mass is 16.6. The van der Waals surface area contributed by atoms with E-state index in [1.165, 1.54) is 19.2 Å². The van der Waals surface area contributed by atoms with E-state index in [-0.39, 0.29) is 37.5 Å². The summed E-state index contributed by atoms with van der Waals surface area (Å²) in [6, 6.07) is 13.2. The Morgan fingerprint density at radius 3 is 2.38 bits per heavy atom. The summed E-state index contributed by atoms with van der Waals surface area (Å²) in [5.41, 5.74) is 2.39. The van der Waals surface area contributed by atoms with Crippen LogP contribution < -0.4 is 5.32 Å². The first-order chi connectivity index (χ1) is 15.3. The van der Waals surface area contributed by atoms with Crippen molar-refractivity contribution in [2.75, 3.05) is 13.7 Å². The van der Waals surface area contributed by atoms with Crippen molar-refractivity contribution in [3.63, 3.8) is 0 Å². The van der Waals surface area contributed by atoms with Crippen molar-refractivity contribution >= 4 is 23.5 Å². The van der Waals surface area contributed by atoms with Gasteiger partial charge in [-0.05, 0) is 30.0 Å². The van der Waals surface area contributed by atoms with Crippen LogP contribution in [0.25, 0.3) is 11.1 Å². The van der Waals surface area contributed by atoms with E-state index in [4.69, 9.17) is 4.74 Å². The van der Waals surface area contributed by atoms with Crippen LogP contribution in [-0.2, 0) is 30.3 Å². The Kier molecular flexibility index (Phi) is 9.34. The molecule has 2 aromatic rings. The predicted octanol–water partition coefficient (Wildman–Crippen LogP) is 3.20. The third kappa shape index (κ3) is 7.82. The zero-order valence-electron chi connectivity index (χ0n) is 18.0. The Hall–Kier alpha value is -3.75. The van der Waals surface area contributed by atoms with Gasteiger partial charge in [-0.25, -0.2) is 0 Å². The highest BCUT2D eigenvalue weighted by molar-refractivity contribution is 5.82. The Morgan fingerprint density at radius 2 is 1.75 bits per heavy atom. The highest BCUT2D eigenvalue weighted by Gasteiger charge is 2.19. The fraction of sp³-hybridized carbons (Fsp3) is 0.348. The number of nitrogens with one attached hydrogen (secondary N) is 1. The summed E-state index contributed by atoms with van der Waals surface area (Å²) >= 11 is 0. The predicted molar refractivity (Wildman–Crippen MR) is 117 cm³/mol. The number of nitrogens with zero attached hydrogens (tertiary/aromatic N) is 1. The van der Waals surface area contributed by atoms with Gasteiger partial charge in [0.25, 0.3) is 5.69 Å². The van der Waals surface area contributed by atoms with Gasteiger partial charge in [0.05, 0.1) is 31.5 Å². The molecule has 0 heterocycles. The van der Waals surface area contributed by atoms with Gasteiger partial charge in [0.15, 0.2) is 0 Å². The van der Waals surface area contributed by atoms with Crippen LogP contribution in [0.1, 0.15) is 31.7 Å². The molecule has 170 valence electrons. The number of amides is 1. The third-order valence-corrected chi connectivity index (χ3v) is 4.69. The van der Waals surface area contributed by atoms with E-state index in [0.717, 1.165) is 11.1 Å². The van der Waals surface area contributed by atoms with Crippen LogP contribution in [0.4, 0.5) is 5.69 Å². The molecule has 0 unspecified atom stereocenters. The van der Waals surface area contributed by atoms with Gasteiger partial charge in [0.2, 0.25) is 5.91 Å². The topological polar surface area (TPSA) is 125 Å². The molecule has 0 radical (unpaired) electrons. The fourth-order valence-corrected chi connectivity index (χ4v) is 3.13. The minimum Gasteiger partial charge on any atom is -0.469 e. The van der Waals surface area contributed by atoms with Crippen molar-refractivity contribution in [1.82, 2.24) is 5.32 Å². The smallest absolute Gasteiger partial charge is 0.307 e. The maximum atomic E-state index is 12.2. The van der Waals surface area contributed by atoms with E-state index < -0.39 is 22.9 Å². The number of non-ortho nitro benzene ring substituents is 1. The standard InChI is InChI=1S/C23H26N2O7/c1-3-32-23(28)15-19(24-21(26)11-12-22(27)31-2)13-16-7-9-17(10-8-16)18-5-4-6-20(14-18)25(29)30/h4-10,14,19H,3,11-13,15H2,1-2H3,(H,24,26)/t19-/m1/s1. The molecule has 0 aliphatic rings. The number of carbonyl (C=O) groups excluding carboxylic acids is 3. The molecule has 0 spiro atoms. The van der Waals surface area contributed by atoms with Crippen molar-refractivity contribution in [2.24, 2.45) is 0 Å². The number of benzene rings is 2. The molecule has 0 aromatic heterocycles. The number of methoxy groups -OCH3 is 1. The number of nitro benzene ring substituents is 1. The lowest BCUT2D eigenvalue weighted by Gasteiger charge is -2.18. The van der Waals surface area contributed by atoms with Gasteiger partial charge in [-0.15, -0.1) is 0 Å². The molecule has 0 saturated carbocycles.